The van der Waals surface area contributed by atoms with E-state index in [1.54, 1.807) is 24.3 Å². The van der Waals surface area contributed by atoms with Crippen molar-refractivity contribution in [3.63, 3.8) is 0 Å². The van der Waals surface area contributed by atoms with Crippen LogP contribution in [0.4, 0.5) is 19.1 Å². The summed E-state index contributed by atoms with van der Waals surface area (Å²) in [7, 11) is 2.77. The Morgan fingerprint density at radius 1 is 0.919 bits per heavy atom. The maximum absolute atomic E-state index is 14.1. The maximum Gasteiger partial charge on any atom is 0.434 e. The summed E-state index contributed by atoms with van der Waals surface area (Å²) in [6.45, 7) is 0.186. The predicted octanol–water partition coefficient (Wildman–Crippen LogP) is 6.37. The molecular weight excluding hydrogens is 511 g/mol. The number of methoxy groups -OCH3 is 2. The van der Waals surface area contributed by atoms with Crippen molar-refractivity contribution in [1.82, 2.24) is 9.97 Å². The number of nitrogens with zero attached hydrogens (tertiary/aromatic N) is 2. The number of alkyl halides is 3. The summed E-state index contributed by atoms with van der Waals surface area (Å²) >= 11 is 5.89. The van der Waals surface area contributed by atoms with Gasteiger partial charge in [-0.05, 0) is 47.5 Å². The van der Waals surface area contributed by atoms with Crippen molar-refractivity contribution in [1.29, 1.82) is 0 Å². The first-order valence-electron chi connectivity index (χ1n) is 10.8. The highest BCUT2D eigenvalue weighted by Gasteiger charge is 2.38. The molecule has 0 radical (unpaired) electrons. The van der Waals surface area contributed by atoms with Gasteiger partial charge in [-0.2, -0.15) is 13.2 Å². The number of ether oxygens (including phenoxy) is 3. The predicted molar refractivity (Wildman–Crippen MR) is 133 cm³/mol. The highest BCUT2D eigenvalue weighted by Crippen LogP contribution is 2.45. The van der Waals surface area contributed by atoms with Gasteiger partial charge in [0.05, 0.1) is 19.9 Å². The van der Waals surface area contributed by atoms with Gasteiger partial charge in [0.1, 0.15) is 18.1 Å². The van der Waals surface area contributed by atoms with Crippen LogP contribution in [0.1, 0.15) is 11.3 Å². The van der Waals surface area contributed by atoms with Gasteiger partial charge in [0.25, 0.3) is 0 Å². The third-order valence-electron chi connectivity index (χ3n) is 5.41. The molecule has 4 rings (SSSR count). The Hall–Kier alpha value is -4.18. The molecule has 0 saturated heterocycles. The van der Waals surface area contributed by atoms with E-state index in [4.69, 9.17) is 31.5 Å². The van der Waals surface area contributed by atoms with Crippen molar-refractivity contribution < 1.29 is 32.5 Å². The Balaban J connectivity index is 1.81. The van der Waals surface area contributed by atoms with E-state index in [9.17, 15) is 18.3 Å². The van der Waals surface area contributed by atoms with Gasteiger partial charge in [0, 0.05) is 22.2 Å². The smallest absolute Gasteiger partial charge is 0.434 e. The molecule has 0 fully saturated rings. The first-order chi connectivity index (χ1) is 17.6. The van der Waals surface area contributed by atoms with E-state index in [1.165, 1.54) is 50.6 Å². The van der Waals surface area contributed by atoms with Crippen LogP contribution in [0.25, 0.3) is 22.4 Å². The van der Waals surface area contributed by atoms with Crippen molar-refractivity contribution in [3.05, 3.63) is 76.9 Å². The molecule has 4 aromatic rings. The Bertz CT molecular complexity index is 1430. The van der Waals surface area contributed by atoms with Crippen LogP contribution >= 0.6 is 11.6 Å². The molecule has 11 heteroatoms. The van der Waals surface area contributed by atoms with E-state index >= 15 is 0 Å². The summed E-state index contributed by atoms with van der Waals surface area (Å²) in [6.07, 6.45) is -4.87. The number of aromatic nitrogens is 2. The topological polar surface area (TPSA) is 99.7 Å². The number of benzene rings is 3. The minimum Gasteiger partial charge on any atom is -0.507 e. The number of hydrogen-bond acceptors (Lipinski definition) is 7. The van der Waals surface area contributed by atoms with E-state index in [0.717, 1.165) is 5.56 Å². The van der Waals surface area contributed by atoms with E-state index in [0.29, 0.717) is 16.5 Å². The Kier molecular flexibility index (Phi) is 7.30. The molecule has 0 atom stereocenters. The van der Waals surface area contributed by atoms with Crippen molar-refractivity contribution >= 4 is 17.5 Å². The zero-order valence-electron chi connectivity index (χ0n) is 19.6. The Labute approximate surface area is 215 Å². The number of anilines is 1. The van der Waals surface area contributed by atoms with Crippen LogP contribution in [0.3, 0.4) is 0 Å². The van der Waals surface area contributed by atoms with Crippen LogP contribution in [-0.2, 0) is 12.8 Å². The lowest BCUT2D eigenvalue weighted by molar-refractivity contribution is -0.140. The number of rotatable bonds is 7. The van der Waals surface area contributed by atoms with Crippen LogP contribution in [-0.4, -0.2) is 29.3 Å². The average molecular weight is 532 g/mol. The second-order valence-corrected chi connectivity index (χ2v) is 8.25. The van der Waals surface area contributed by atoms with Gasteiger partial charge in [-0.3, -0.25) is 0 Å². The van der Waals surface area contributed by atoms with Gasteiger partial charge in [0.2, 0.25) is 5.95 Å². The zero-order chi connectivity index (χ0) is 26.7. The minimum atomic E-state index is -4.87. The van der Waals surface area contributed by atoms with Gasteiger partial charge in [-0.25, -0.2) is 9.97 Å². The number of phenols is 1. The molecule has 0 spiro atoms. The summed E-state index contributed by atoms with van der Waals surface area (Å²) in [6, 6.07) is 15.4. The fourth-order valence-corrected chi connectivity index (χ4v) is 3.82. The molecule has 3 aromatic carbocycles. The molecule has 0 unspecified atom stereocenters. The quantitative estimate of drug-likeness (QED) is 0.286. The fraction of sp³-hybridized carbons (Fsp3) is 0.154. The normalized spacial score (nSPS) is 11.3. The van der Waals surface area contributed by atoms with Crippen LogP contribution in [0, 0.1) is 0 Å². The number of nitrogens with two attached hydrogens (primary N) is 1. The van der Waals surface area contributed by atoms with Gasteiger partial charge >= 0.3 is 6.18 Å². The van der Waals surface area contributed by atoms with Crippen molar-refractivity contribution in [2.24, 2.45) is 0 Å². The number of nitrogen functional groups attached to an aromatic ring is 1. The highest BCUT2D eigenvalue weighted by molar-refractivity contribution is 6.30. The third kappa shape index (κ3) is 5.64. The van der Waals surface area contributed by atoms with E-state index < -0.39 is 17.8 Å². The number of aromatic hydroxyl groups is 1. The molecule has 0 bridgehead atoms. The summed E-state index contributed by atoms with van der Waals surface area (Å²) in [4.78, 5) is 7.54. The van der Waals surface area contributed by atoms with Gasteiger partial charge in [-0.1, -0.05) is 29.8 Å². The third-order valence-corrected chi connectivity index (χ3v) is 5.66. The summed E-state index contributed by atoms with van der Waals surface area (Å²) in [5, 5.41) is 11.4. The van der Waals surface area contributed by atoms with Gasteiger partial charge < -0.3 is 25.1 Å². The molecule has 0 aliphatic carbocycles. The van der Waals surface area contributed by atoms with Gasteiger partial charge in [0.15, 0.2) is 17.2 Å². The highest BCUT2D eigenvalue weighted by atomic mass is 35.5. The lowest BCUT2D eigenvalue weighted by atomic mass is 9.96. The van der Waals surface area contributed by atoms with Crippen LogP contribution in [0.2, 0.25) is 5.02 Å². The number of halogens is 4. The zero-order valence-corrected chi connectivity index (χ0v) is 20.4. The van der Waals surface area contributed by atoms with Gasteiger partial charge in [-0.15, -0.1) is 0 Å². The van der Waals surface area contributed by atoms with E-state index in [2.05, 4.69) is 9.97 Å². The minimum absolute atomic E-state index is 0.00299. The summed E-state index contributed by atoms with van der Waals surface area (Å²) in [5.74, 6) is -0.147. The molecule has 0 saturated carbocycles. The molecular formula is C26H21ClF3N3O4. The van der Waals surface area contributed by atoms with Crippen molar-refractivity contribution in [2.45, 2.75) is 12.8 Å². The number of phenolic OH excluding ortho intramolecular Hbond substituents is 1. The first-order valence-corrected chi connectivity index (χ1v) is 11.2. The lowest BCUT2D eigenvalue weighted by Gasteiger charge is -2.18. The van der Waals surface area contributed by atoms with Crippen LogP contribution < -0.4 is 19.9 Å². The largest absolute Gasteiger partial charge is 0.507 e. The summed E-state index contributed by atoms with van der Waals surface area (Å²) in [5.41, 5.74) is 4.73. The van der Waals surface area contributed by atoms with E-state index in [-0.39, 0.29) is 40.5 Å². The molecule has 0 aliphatic rings. The Morgan fingerprint density at radius 3 is 2.24 bits per heavy atom. The lowest BCUT2D eigenvalue weighted by Crippen LogP contribution is -2.14. The fourth-order valence-electron chi connectivity index (χ4n) is 3.69. The van der Waals surface area contributed by atoms with Crippen LogP contribution in [0.15, 0.2) is 60.7 Å². The molecule has 3 N–H and O–H groups in total. The molecule has 0 amide bonds. The van der Waals surface area contributed by atoms with Crippen molar-refractivity contribution in [2.75, 3.05) is 20.0 Å². The molecule has 1 aromatic heterocycles. The second kappa shape index (κ2) is 10.4. The molecule has 192 valence electrons. The molecule has 7 nitrogen and oxygen atoms in total. The SMILES string of the molecule is COc1ccc(-c2c(-c3ccc(OCc4ccc(Cl)cc4)cc3O)nc(N)nc2C(F)(F)F)cc1OC. The summed E-state index contributed by atoms with van der Waals surface area (Å²) < 4.78 is 58.4. The standard InChI is InChI=1S/C26H21ClF3N3O4/c1-35-20-10-5-15(11-21(20)36-2)22-23(32-25(31)33-24(22)26(28,29)30)18-9-8-17(12-19(18)34)37-13-14-3-6-16(27)7-4-14/h3-12,34H,13H2,1-2H3,(H2,31,32,33). The number of hydrogen-bond donors (Lipinski definition) is 2. The Morgan fingerprint density at radius 2 is 1.62 bits per heavy atom. The maximum atomic E-state index is 14.1. The molecule has 1 heterocycles. The van der Waals surface area contributed by atoms with Crippen molar-refractivity contribution in [3.8, 4) is 45.4 Å². The molecule has 37 heavy (non-hydrogen) atoms. The monoisotopic (exact) mass is 531 g/mol. The second-order valence-electron chi connectivity index (χ2n) is 7.82. The average Bonchev–Trinajstić information content (AvgIpc) is 2.87. The van der Waals surface area contributed by atoms with E-state index in [1.807, 2.05) is 0 Å². The van der Waals surface area contributed by atoms with Crippen LogP contribution in [0.5, 0.6) is 23.0 Å². The molecule has 0 aliphatic heterocycles. The first kappa shape index (κ1) is 25.9.